The molecule has 0 spiro atoms. The molecular weight excluding hydrogens is 1240 g/mol. The molecule has 63 heavy (non-hydrogen) atoms. The molecule has 2 bridgehead atoms. The number of aliphatic hydroxyl groups is 4. The van der Waals surface area contributed by atoms with Crippen LogP contribution in [0.2, 0.25) is 0 Å². The van der Waals surface area contributed by atoms with Crippen molar-refractivity contribution in [2.24, 2.45) is 16.7 Å². The molecular formula is C47H53Ac2NO13. The van der Waals surface area contributed by atoms with E-state index in [2.05, 4.69) is 5.32 Å². The quantitative estimate of drug-likeness (QED) is 0.105. The van der Waals surface area contributed by atoms with Gasteiger partial charge in [-0.15, -0.1) is 0 Å². The number of ketones is 1. The van der Waals surface area contributed by atoms with Gasteiger partial charge in [-0.05, 0) is 61.2 Å². The van der Waals surface area contributed by atoms with E-state index in [1.54, 1.807) is 99.6 Å². The number of ether oxygens (including phenoxy) is 4. The summed E-state index contributed by atoms with van der Waals surface area (Å²) in [5.41, 5.74) is -6.99. The number of benzene rings is 3. The van der Waals surface area contributed by atoms with E-state index < -0.39 is 107 Å². The third-order valence-electron chi connectivity index (χ3n) is 13.6. The number of esters is 3. The second kappa shape index (κ2) is 20.2. The van der Waals surface area contributed by atoms with Crippen molar-refractivity contribution in [1.29, 1.82) is 0 Å². The Morgan fingerprint density at radius 1 is 0.857 bits per heavy atom. The van der Waals surface area contributed by atoms with Crippen LogP contribution in [-0.4, -0.2) is 104 Å². The molecule has 14 nitrogen and oxygen atoms in total. The van der Waals surface area contributed by atoms with Crippen LogP contribution in [-0.2, 0) is 33.3 Å². The van der Waals surface area contributed by atoms with Crippen LogP contribution in [0.15, 0.2) is 102 Å². The van der Waals surface area contributed by atoms with Crippen LogP contribution in [0.3, 0.4) is 0 Å². The summed E-state index contributed by atoms with van der Waals surface area (Å²) in [4.78, 5) is 70.7. The first-order valence-electron chi connectivity index (χ1n) is 20.6. The normalized spacial score (nSPS) is 31.3. The van der Waals surface area contributed by atoms with Crippen molar-refractivity contribution in [2.75, 3.05) is 6.61 Å². The van der Waals surface area contributed by atoms with Crippen LogP contribution < -0.4 is 5.32 Å². The number of fused-ring (bicyclic) bond motifs is 5. The van der Waals surface area contributed by atoms with E-state index in [0.29, 0.717) is 12.0 Å². The van der Waals surface area contributed by atoms with Crippen molar-refractivity contribution in [2.45, 2.75) is 114 Å². The van der Waals surface area contributed by atoms with Crippen molar-refractivity contribution in [1.82, 2.24) is 5.32 Å². The van der Waals surface area contributed by atoms with E-state index in [0.717, 1.165) is 0 Å². The molecule has 3 aromatic rings. The number of amides is 1. The maximum absolute atomic E-state index is 14.9. The van der Waals surface area contributed by atoms with E-state index in [-0.39, 0.29) is 130 Å². The molecule has 2 saturated carbocycles. The van der Waals surface area contributed by atoms with Gasteiger partial charge in [-0.1, -0.05) is 87.5 Å². The molecule has 3 aromatic carbocycles. The summed E-state index contributed by atoms with van der Waals surface area (Å²) in [6.07, 6.45) is -9.94. The predicted octanol–water partition coefficient (Wildman–Crippen LogP) is 3.95. The van der Waals surface area contributed by atoms with Crippen LogP contribution in [0, 0.1) is 105 Å². The first-order valence-corrected chi connectivity index (χ1v) is 20.6. The van der Waals surface area contributed by atoms with Crippen molar-refractivity contribution < 1.29 is 151 Å². The van der Waals surface area contributed by atoms with E-state index in [1.807, 2.05) is 0 Å². The largest absolute Gasteiger partial charge is 0.455 e. The standard InChI is InChI=1S/C47H53NO13.2Ac/c1-6-16-33(50)60-37(35(27-17-10-7-11-18-27)48-41(53)28-19-12-8-13-20-28)43(55)59-30-24-47(57)40(61-42(54)29-21-14-9-15-22-29)38-45(5,31(49)23-32-46(38,56)25-58-32)39(52)36(51)34(26(30)2)44(47,3)4;;/h7-15,17-22,30-32,35-38,40,49,51,56-57H,6,16,23-25H2,1-5H3,(H,48,53);;/t30?,31?,32?,35?,36?,37?,38?,40?,45-,46?,47?;;/m1../s1. The molecule has 1 amide bonds. The van der Waals surface area contributed by atoms with Gasteiger partial charge in [0.05, 0.1) is 29.8 Å². The van der Waals surface area contributed by atoms with Crippen LogP contribution >= 0.6 is 0 Å². The molecule has 4 aliphatic rings. The van der Waals surface area contributed by atoms with Crippen LogP contribution in [0.1, 0.15) is 92.6 Å². The summed E-state index contributed by atoms with van der Waals surface area (Å²) in [5.74, 6) is -5.81. The van der Waals surface area contributed by atoms with Gasteiger partial charge in [0.1, 0.15) is 35.6 Å². The fourth-order valence-corrected chi connectivity index (χ4v) is 10.0. The van der Waals surface area contributed by atoms with E-state index in [4.69, 9.17) is 18.9 Å². The zero-order valence-corrected chi connectivity index (χ0v) is 45.4. The maximum Gasteiger partial charge on any atom is 0.350 e. The zero-order chi connectivity index (χ0) is 44.1. The smallest absolute Gasteiger partial charge is 0.350 e. The molecule has 1 saturated heterocycles. The molecule has 2 radical (unpaired) electrons. The summed E-state index contributed by atoms with van der Waals surface area (Å²) >= 11 is 0. The number of carbonyl (C=O) groups is 5. The van der Waals surface area contributed by atoms with Gasteiger partial charge < -0.3 is 44.7 Å². The van der Waals surface area contributed by atoms with Gasteiger partial charge in [0.2, 0.25) is 6.10 Å². The van der Waals surface area contributed by atoms with Crippen LogP contribution in [0.4, 0.5) is 0 Å². The molecule has 11 atom stereocenters. The van der Waals surface area contributed by atoms with Crippen molar-refractivity contribution in [3.8, 4) is 0 Å². The Hall–Kier alpha value is -2.37. The number of nitrogens with one attached hydrogen (secondary N) is 1. The number of rotatable bonds is 11. The third kappa shape index (κ3) is 9.21. The molecule has 7 rings (SSSR count). The van der Waals surface area contributed by atoms with Gasteiger partial charge in [-0.25, -0.2) is 9.59 Å². The van der Waals surface area contributed by atoms with Gasteiger partial charge in [0, 0.05) is 124 Å². The molecule has 5 N–H and O–H groups in total. The SMILES string of the molecule is CCCC(=O)OC(C(=O)OC1CC2(O)C(OC(=O)c3ccccc3)C3C4(O)COC4CC(O)[C@@]3(C)C(=O)C(O)C(=C1C)C2(C)C)C(NC(=O)c1ccccc1)c1ccccc1.[Ac].[Ac]. The van der Waals surface area contributed by atoms with Gasteiger partial charge in [-0.2, -0.15) is 0 Å². The third-order valence-corrected chi connectivity index (χ3v) is 13.6. The maximum atomic E-state index is 14.9. The molecule has 16 heteroatoms. The fourth-order valence-electron chi connectivity index (χ4n) is 10.0. The number of hydrogen-bond acceptors (Lipinski definition) is 13. The molecule has 10 unspecified atom stereocenters. The Morgan fingerprint density at radius 2 is 1.43 bits per heavy atom. The fraction of sp³-hybridized carbons (Fsp3) is 0.468. The van der Waals surface area contributed by atoms with Gasteiger partial charge >= 0.3 is 17.9 Å². The molecule has 3 aliphatic carbocycles. The molecule has 0 aromatic heterocycles. The Kier molecular flexibility index (Phi) is 16.6. The molecule has 330 valence electrons. The number of carbonyl (C=O) groups excluding carboxylic acids is 5. The second-order valence-corrected chi connectivity index (χ2v) is 17.4. The predicted molar refractivity (Wildman–Crippen MR) is 217 cm³/mol. The van der Waals surface area contributed by atoms with Crippen molar-refractivity contribution >= 4 is 29.6 Å². The minimum Gasteiger partial charge on any atom is -0.455 e. The van der Waals surface area contributed by atoms with Gasteiger partial charge in [0.15, 0.2) is 5.78 Å². The number of hydrogen-bond donors (Lipinski definition) is 5. The number of Topliss-reactive ketones (excluding diaryl/α,β-unsaturated/α-hetero) is 1. The summed E-state index contributed by atoms with van der Waals surface area (Å²) in [6, 6.07) is 23.3. The van der Waals surface area contributed by atoms with Gasteiger partial charge in [-0.3, -0.25) is 14.4 Å². The van der Waals surface area contributed by atoms with E-state index in [1.165, 1.54) is 26.0 Å². The summed E-state index contributed by atoms with van der Waals surface area (Å²) in [7, 11) is 0. The average Bonchev–Trinajstić information content (AvgIpc) is 3.24. The monoisotopic (exact) mass is 1290 g/mol. The van der Waals surface area contributed by atoms with Crippen LogP contribution in [0.25, 0.3) is 0 Å². The average molecular weight is 1290 g/mol. The Labute approximate surface area is 438 Å². The minimum absolute atomic E-state index is 0. The van der Waals surface area contributed by atoms with Gasteiger partial charge in [0.25, 0.3) is 5.91 Å². The Morgan fingerprint density at radius 3 is 1.98 bits per heavy atom. The summed E-state index contributed by atoms with van der Waals surface area (Å²) in [5, 5.41) is 52.7. The number of aliphatic hydroxyl groups excluding tert-OH is 2. The zero-order valence-electron chi connectivity index (χ0n) is 35.9. The summed E-state index contributed by atoms with van der Waals surface area (Å²) in [6.45, 7) is 7.46. The van der Waals surface area contributed by atoms with Crippen LogP contribution in [0.5, 0.6) is 0 Å². The molecule has 3 fully saturated rings. The second-order valence-electron chi connectivity index (χ2n) is 17.4. The van der Waals surface area contributed by atoms with Crippen molar-refractivity contribution in [3.63, 3.8) is 0 Å². The topological polar surface area (TPSA) is 215 Å². The van der Waals surface area contributed by atoms with Crippen molar-refractivity contribution in [3.05, 3.63) is 119 Å². The first-order chi connectivity index (χ1) is 28.9. The minimum atomic E-state index is -2.34. The summed E-state index contributed by atoms with van der Waals surface area (Å²) < 4.78 is 24.0. The molecule has 1 heterocycles. The first kappa shape index (κ1) is 51.6. The van der Waals surface area contributed by atoms with E-state index in [9.17, 15) is 44.4 Å². The Bertz CT molecular complexity index is 2210. The Balaban J connectivity index is 0.00000374. The van der Waals surface area contributed by atoms with E-state index >= 15 is 0 Å². The molecule has 1 aliphatic heterocycles.